The zero-order valence-electron chi connectivity index (χ0n) is 12.1. The Labute approximate surface area is 118 Å². The van der Waals surface area contributed by atoms with Gasteiger partial charge in [0.2, 0.25) is 0 Å². The van der Waals surface area contributed by atoms with Gasteiger partial charge >= 0.3 is 0 Å². The van der Waals surface area contributed by atoms with Gasteiger partial charge in [0.1, 0.15) is 18.7 Å². The molecule has 5 heteroatoms. The molecule has 0 N–H and O–H groups in total. The molecule has 0 aliphatic carbocycles. The van der Waals surface area contributed by atoms with Crippen LogP contribution >= 0.6 is 0 Å². The fourth-order valence-corrected chi connectivity index (χ4v) is 1.99. The Morgan fingerprint density at radius 3 is 2.90 bits per heavy atom. The molecule has 0 unspecified atom stereocenters. The normalized spacial score (nSPS) is 10.6. The standard InChI is InChI=1S/C15H19N3O2/c1-4-7-18-15(16-10-17-18)9-20-14-6-5-11(2)8-13(14)12(3)19/h5-6,8,10H,4,7,9H2,1-3H3. The largest absolute Gasteiger partial charge is 0.485 e. The highest BCUT2D eigenvalue weighted by Crippen LogP contribution is 2.21. The third-order valence-electron chi connectivity index (χ3n) is 3.00. The van der Waals surface area contributed by atoms with Crippen LogP contribution in [0.4, 0.5) is 0 Å². The third kappa shape index (κ3) is 3.23. The van der Waals surface area contributed by atoms with Crippen LogP contribution in [0.3, 0.4) is 0 Å². The number of nitrogens with zero attached hydrogens (tertiary/aromatic N) is 3. The minimum absolute atomic E-state index is 0.00118. The molecule has 106 valence electrons. The summed E-state index contributed by atoms with van der Waals surface area (Å²) in [6.45, 7) is 6.70. The highest BCUT2D eigenvalue weighted by Gasteiger charge is 2.11. The van der Waals surface area contributed by atoms with Crippen LogP contribution in [0.1, 0.15) is 42.0 Å². The summed E-state index contributed by atoms with van der Waals surface area (Å²) in [5.41, 5.74) is 1.64. The number of hydrogen-bond acceptors (Lipinski definition) is 4. The minimum atomic E-state index is -0.00118. The number of aryl methyl sites for hydroxylation is 2. The van der Waals surface area contributed by atoms with Crippen molar-refractivity contribution in [3.63, 3.8) is 0 Å². The first-order chi connectivity index (χ1) is 9.61. The van der Waals surface area contributed by atoms with Crippen LogP contribution in [0.25, 0.3) is 0 Å². The summed E-state index contributed by atoms with van der Waals surface area (Å²) in [5, 5.41) is 4.15. The van der Waals surface area contributed by atoms with Gasteiger partial charge in [-0.25, -0.2) is 9.67 Å². The molecule has 2 rings (SSSR count). The SMILES string of the molecule is CCCn1ncnc1COc1ccc(C)cc1C(C)=O. The Hall–Kier alpha value is -2.17. The second kappa shape index (κ2) is 6.32. The molecule has 0 aliphatic heterocycles. The molecular formula is C15H19N3O2. The van der Waals surface area contributed by atoms with E-state index in [1.165, 1.54) is 6.33 Å². The quantitative estimate of drug-likeness (QED) is 0.759. The van der Waals surface area contributed by atoms with Crippen LogP contribution in [-0.2, 0) is 13.2 Å². The van der Waals surface area contributed by atoms with Gasteiger partial charge in [-0.05, 0) is 32.4 Å². The predicted molar refractivity (Wildman–Crippen MR) is 75.8 cm³/mol. The van der Waals surface area contributed by atoms with Crippen molar-refractivity contribution >= 4 is 5.78 Å². The van der Waals surface area contributed by atoms with Gasteiger partial charge in [0, 0.05) is 6.54 Å². The average molecular weight is 273 g/mol. The molecule has 1 aromatic heterocycles. The Kier molecular flexibility index (Phi) is 4.50. The maximum atomic E-state index is 11.6. The molecule has 0 saturated heterocycles. The number of carbonyl (C=O) groups is 1. The lowest BCUT2D eigenvalue weighted by atomic mass is 10.1. The summed E-state index contributed by atoms with van der Waals surface area (Å²) in [7, 11) is 0. The van der Waals surface area contributed by atoms with Gasteiger partial charge in [-0.1, -0.05) is 18.6 Å². The average Bonchev–Trinajstić information content (AvgIpc) is 2.85. The summed E-state index contributed by atoms with van der Waals surface area (Å²) in [6, 6.07) is 5.60. The Morgan fingerprint density at radius 2 is 2.20 bits per heavy atom. The lowest BCUT2D eigenvalue weighted by Gasteiger charge is -2.11. The summed E-state index contributed by atoms with van der Waals surface area (Å²) >= 11 is 0. The Balaban J connectivity index is 2.14. The van der Waals surface area contributed by atoms with Crippen molar-refractivity contribution in [2.24, 2.45) is 0 Å². The summed E-state index contributed by atoms with van der Waals surface area (Å²) in [6.07, 6.45) is 2.51. The van der Waals surface area contributed by atoms with Gasteiger partial charge in [0.05, 0.1) is 5.56 Å². The van der Waals surface area contributed by atoms with Crippen LogP contribution < -0.4 is 4.74 Å². The van der Waals surface area contributed by atoms with Crippen molar-refractivity contribution in [3.05, 3.63) is 41.5 Å². The van der Waals surface area contributed by atoms with Crippen molar-refractivity contribution < 1.29 is 9.53 Å². The lowest BCUT2D eigenvalue weighted by molar-refractivity contribution is 0.101. The molecule has 0 bridgehead atoms. The molecular weight excluding hydrogens is 254 g/mol. The topological polar surface area (TPSA) is 57.0 Å². The van der Waals surface area contributed by atoms with Gasteiger partial charge in [-0.2, -0.15) is 5.10 Å². The van der Waals surface area contributed by atoms with Crippen molar-refractivity contribution in [2.75, 3.05) is 0 Å². The molecule has 0 saturated carbocycles. The van der Waals surface area contributed by atoms with E-state index in [9.17, 15) is 4.79 Å². The number of aromatic nitrogens is 3. The maximum absolute atomic E-state index is 11.6. The lowest BCUT2D eigenvalue weighted by Crippen LogP contribution is -2.09. The van der Waals surface area contributed by atoms with Crippen molar-refractivity contribution in [2.45, 2.75) is 40.3 Å². The summed E-state index contributed by atoms with van der Waals surface area (Å²) < 4.78 is 7.56. The molecule has 0 spiro atoms. The van der Waals surface area contributed by atoms with E-state index >= 15 is 0 Å². The van der Waals surface area contributed by atoms with E-state index in [0.29, 0.717) is 17.9 Å². The van der Waals surface area contributed by atoms with E-state index < -0.39 is 0 Å². The van der Waals surface area contributed by atoms with Crippen LogP contribution in [0.2, 0.25) is 0 Å². The van der Waals surface area contributed by atoms with Gasteiger partial charge in [-0.3, -0.25) is 4.79 Å². The van der Waals surface area contributed by atoms with Crippen LogP contribution in [0, 0.1) is 6.92 Å². The summed E-state index contributed by atoms with van der Waals surface area (Å²) in [4.78, 5) is 15.8. The van der Waals surface area contributed by atoms with Gasteiger partial charge in [0.25, 0.3) is 0 Å². The number of rotatable bonds is 6. The van der Waals surface area contributed by atoms with Crippen LogP contribution in [0.15, 0.2) is 24.5 Å². The fraction of sp³-hybridized carbons (Fsp3) is 0.400. The zero-order valence-corrected chi connectivity index (χ0v) is 12.1. The molecule has 1 heterocycles. The smallest absolute Gasteiger partial charge is 0.164 e. The second-order valence-electron chi connectivity index (χ2n) is 4.74. The highest BCUT2D eigenvalue weighted by atomic mass is 16.5. The number of ketones is 1. The monoisotopic (exact) mass is 273 g/mol. The van der Waals surface area contributed by atoms with Crippen LogP contribution in [0.5, 0.6) is 5.75 Å². The van der Waals surface area contributed by atoms with E-state index in [2.05, 4.69) is 17.0 Å². The second-order valence-corrected chi connectivity index (χ2v) is 4.74. The van der Waals surface area contributed by atoms with Crippen LogP contribution in [-0.4, -0.2) is 20.5 Å². The molecule has 0 fully saturated rings. The number of benzene rings is 1. The first kappa shape index (κ1) is 14.2. The highest BCUT2D eigenvalue weighted by molar-refractivity contribution is 5.97. The number of carbonyl (C=O) groups excluding carboxylic acids is 1. The maximum Gasteiger partial charge on any atom is 0.164 e. The predicted octanol–water partition coefficient (Wildman–Crippen LogP) is 2.78. The molecule has 2 aromatic rings. The Morgan fingerprint density at radius 1 is 1.40 bits per heavy atom. The third-order valence-corrected chi connectivity index (χ3v) is 3.00. The molecule has 0 radical (unpaired) electrons. The van der Waals surface area contributed by atoms with Gasteiger partial charge in [0.15, 0.2) is 11.6 Å². The molecule has 0 aliphatic rings. The first-order valence-corrected chi connectivity index (χ1v) is 6.73. The van der Waals surface area contributed by atoms with E-state index in [1.807, 2.05) is 29.8 Å². The molecule has 0 atom stereocenters. The van der Waals surface area contributed by atoms with Gasteiger partial charge in [-0.15, -0.1) is 0 Å². The molecule has 5 nitrogen and oxygen atoms in total. The molecule has 1 aromatic carbocycles. The van der Waals surface area contributed by atoms with E-state index in [4.69, 9.17) is 4.74 Å². The number of Topliss-reactive ketones (excluding diaryl/α,β-unsaturated/α-hetero) is 1. The molecule has 20 heavy (non-hydrogen) atoms. The number of hydrogen-bond donors (Lipinski definition) is 0. The van der Waals surface area contributed by atoms with E-state index in [1.54, 1.807) is 6.92 Å². The van der Waals surface area contributed by atoms with Crippen molar-refractivity contribution in [1.82, 2.24) is 14.8 Å². The first-order valence-electron chi connectivity index (χ1n) is 6.73. The van der Waals surface area contributed by atoms with Crippen molar-refractivity contribution in [3.8, 4) is 5.75 Å². The fourth-order valence-electron chi connectivity index (χ4n) is 1.99. The molecule has 0 amide bonds. The van der Waals surface area contributed by atoms with E-state index in [0.717, 1.165) is 24.4 Å². The van der Waals surface area contributed by atoms with Crippen molar-refractivity contribution in [1.29, 1.82) is 0 Å². The summed E-state index contributed by atoms with van der Waals surface area (Å²) in [5.74, 6) is 1.36. The minimum Gasteiger partial charge on any atom is -0.485 e. The Bertz CT molecular complexity index is 605. The van der Waals surface area contributed by atoms with E-state index in [-0.39, 0.29) is 5.78 Å². The zero-order chi connectivity index (χ0) is 14.5. The number of ether oxygens (including phenoxy) is 1. The van der Waals surface area contributed by atoms with Gasteiger partial charge < -0.3 is 4.74 Å².